The molecule has 94 valence electrons. The highest BCUT2D eigenvalue weighted by molar-refractivity contribution is 5.27. The Morgan fingerprint density at radius 1 is 1.35 bits per heavy atom. The summed E-state index contributed by atoms with van der Waals surface area (Å²) in [6.45, 7) is 4.27. The number of benzene rings is 1. The van der Waals surface area contributed by atoms with Gasteiger partial charge in [0.1, 0.15) is 5.75 Å². The average Bonchev–Trinajstić information content (AvgIpc) is 3.13. The van der Waals surface area contributed by atoms with Crippen molar-refractivity contribution in [2.45, 2.75) is 31.8 Å². The highest BCUT2D eigenvalue weighted by atomic mass is 16.3. The number of rotatable bonds is 6. The van der Waals surface area contributed by atoms with Gasteiger partial charge in [0.05, 0.1) is 0 Å². The Morgan fingerprint density at radius 2 is 2.00 bits per heavy atom. The van der Waals surface area contributed by atoms with E-state index in [0.29, 0.717) is 11.8 Å². The van der Waals surface area contributed by atoms with Crippen LogP contribution in [0.3, 0.4) is 0 Å². The Hall–Kier alpha value is -1.06. The zero-order valence-corrected chi connectivity index (χ0v) is 10.7. The van der Waals surface area contributed by atoms with Crippen LogP contribution in [0.25, 0.3) is 0 Å². The molecule has 17 heavy (non-hydrogen) atoms. The summed E-state index contributed by atoms with van der Waals surface area (Å²) >= 11 is 0. The molecule has 2 N–H and O–H groups in total. The van der Waals surface area contributed by atoms with Crippen LogP contribution in [0.1, 0.15) is 31.4 Å². The van der Waals surface area contributed by atoms with Crippen LogP contribution in [0, 0.1) is 0 Å². The van der Waals surface area contributed by atoms with E-state index in [0.717, 1.165) is 19.1 Å². The van der Waals surface area contributed by atoms with Crippen LogP contribution in [0.2, 0.25) is 0 Å². The molecule has 3 nitrogen and oxygen atoms in total. The van der Waals surface area contributed by atoms with E-state index in [4.69, 9.17) is 0 Å². The molecule has 0 heterocycles. The van der Waals surface area contributed by atoms with Crippen LogP contribution in [-0.2, 0) is 0 Å². The Kier molecular flexibility index (Phi) is 4.02. The van der Waals surface area contributed by atoms with Crippen molar-refractivity contribution in [3.05, 3.63) is 29.8 Å². The number of hydrogen-bond donors (Lipinski definition) is 2. The fraction of sp³-hybridized carbons (Fsp3) is 0.571. The summed E-state index contributed by atoms with van der Waals surface area (Å²) in [5.74, 6) is 0.328. The van der Waals surface area contributed by atoms with Gasteiger partial charge in [0.2, 0.25) is 0 Å². The van der Waals surface area contributed by atoms with Crippen LogP contribution >= 0.6 is 0 Å². The van der Waals surface area contributed by atoms with E-state index < -0.39 is 0 Å². The van der Waals surface area contributed by atoms with Crippen LogP contribution in [-0.4, -0.2) is 36.2 Å². The molecule has 1 saturated carbocycles. The topological polar surface area (TPSA) is 35.5 Å². The second-order valence-corrected chi connectivity index (χ2v) is 4.98. The average molecular weight is 234 g/mol. The molecule has 0 spiro atoms. The molecular weight excluding hydrogens is 212 g/mol. The minimum Gasteiger partial charge on any atom is -0.508 e. The predicted molar refractivity (Wildman–Crippen MR) is 70.2 cm³/mol. The Morgan fingerprint density at radius 3 is 2.59 bits per heavy atom. The molecule has 0 aromatic heterocycles. The fourth-order valence-corrected chi connectivity index (χ4v) is 2.04. The standard InChI is InChI=1S/C14H22N2O/c1-11(12-3-7-14(17)8-4-12)15-9-10-16(2)13-5-6-13/h3-4,7-8,11,13,15,17H,5-6,9-10H2,1-2H3. The minimum atomic E-state index is 0.328. The lowest BCUT2D eigenvalue weighted by Gasteiger charge is -2.19. The van der Waals surface area contributed by atoms with E-state index in [1.165, 1.54) is 18.4 Å². The van der Waals surface area contributed by atoms with Crippen molar-refractivity contribution in [3.8, 4) is 5.75 Å². The highest BCUT2D eigenvalue weighted by Crippen LogP contribution is 2.24. The maximum Gasteiger partial charge on any atom is 0.115 e. The summed E-state index contributed by atoms with van der Waals surface area (Å²) in [5, 5.41) is 12.7. The number of hydrogen-bond acceptors (Lipinski definition) is 3. The molecule has 0 amide bonds. The monoisotopic (exact) mass is 234 g/mol. The third-order valence-corrected chi connectivity index (χ3v) is 3.48. The van der Waals surface area contributed by atoms with Crippen LogP contribution in [0.4, 0.5) is 0 Å². The number of phenols is 1. The molecule has 1 aromatic carbocycles. The number of aromatic hydroxyl groups is 1. The van der Waals surface area contributed by atoms with E-state index >= 15 is 0 Å². The molecule has 1 aliphatic rings. The molecule has 0 bridgehead atoms. The maximum absolute atomic E-state index is 9.23. The summed E-state index contributed by atoms with van der Waals surface area (Å²) < 4.78 is 0. The quantitative estimate of drug-likeness (QED) is 0.791. The fourth-order valence-electron chi connectivity index (χ4n) is 2.04. The summed E-state index contributed by atoms with van der Waals surface area (Å²) in [4.78, 5) is 2.43. The predicted octanol–water partition coefficient (Wildman–Crippen LogP) is 2.14. The van der Waals surface area contributed by atoms with Gasteiger partial charge in [-0.2, -0.15) is 0 Å². The van der Waals surface area contributed by atoms with Crippen molar-refractivity contribution in [3.63, 3.8) is 0 Å². The van der Waals surface area contributed by atoms with Crippen molar-refractivity contribution < 1.29 is 5.11 Å². The molecule has 3 heteroatoms. The first kappa shape index (κ1) is 12.4. The minimum absolute atomic E-state index is 0.328. The van der Waals surface area contributed by atoms with Gasteiger partial charge >= 0.3 is 0 Å². The smallest absolute Gasteiger partial charge is 0.115 e. The lowest BCUT2D eigenvalue weighted by atomic mass is 10.1. The summed E-state index contributed by atoms with van der Waals surface area (Å²) in [6, 6.07) is 8.59. The molecule has 1 fully saturated rings. The van der Waals surface area contributed by atoms with Gasteiger partial charge < -0.3 is 15.3 Å². The zero-order valence-electron chi connectivity index (χ0n) is 10.7. The molecule has 0 radical (unpaired) electrons. The number of nitrogens with zero attached hydrogens (tertiary/aromatic N) is 1. The van der Waals surface area contributed by atoms with Gasteiger partial charge in [-0.15, -0.1) is 0 Å². The zero-order chi connectivity index (χ0) is 12.3. The largest absolute Gasteiger partial charge is 0.508 e. The molecule has 1 atom stereocenters. The molecule has 0 saturated heterocycles. The van der Waals surface area contributed by atoms with Crippen molar-refractivity contribution in [2.24, 2.45) is 0 Å². The second kappa shape index (κ2) is 5.52. The third-order valence-electron chi connectivity index (χ3n) is 3.48. The molecule has 1 aliphatic carbocycles. The SMILES string of the molecule is CC(NCCN(C)C1CC1)c1ccc(O)cc1. The van der Waals surface area contributed by atoms with Gasteiger partial charge in [0.15, 0.2) is 0 Å². The van der Waals surface area contributed by atoms with E-state index in [-0.39, 0.29) is 0 Å². The lowest BCUT2D eigenvalue weighted by molar-refractivity contribution is 0.316. The van der Waals surface area contributed by atoms with Gasteiger partial charge in [0.25, 0.3) is 0 Å². The van der Waals surface area contributed by atoms with Gasteiger partial charge in [-0.25, -0.2) is 0 Å². The van der Waals surface area contributed by atoms with Crippen LogP contribution < -0.4 is 5.32 Å². The summed E-state index contributed by atoms with van der Waals surface area (Å²) in [5.41, 5.74) is 1.22. The van der Waals surface area contributed by atoms with Gasteiger partial charge in [0, 0.05) is 25.2 Å². The van der Waals surface area contributed by atoms with Crippen molar-refractivity contribution in [2.75, 3.05) is 20.1 Å². The second-order valence-electron chi connectivity index (χ2n) is 4.98. The number of phenolic OH excluding ortho intramolecular Hbond substituents is 1. The van der Waals surface area contributed by atoms with E-state index in [1.54, 1.807) is 12.1 Å². The van der Waals surface area contributed by atoms with Crippen LogP contribution in [0.15, 0.2) is 24.3 Å². The van der Waals surface area contributed by atoms with Crippen LogP contribution in [0.5, 0.6) is 5.75 Å². The first-order chi connectivity index (χ1) is 8.16. The number of likely N-dealkylation sites (N-methyl/N-ethyl adjacent to an activating group) is 1. The molecule has 0 aliphatic heterocycles. The highest BCUT2D eigenvalue weighted by Gasteiger charge is 2.25. The third kappa shape index (κ3) is 3.72. The van der Waals surface area contributed by atoms with Crippen molar-refractivity contribution in [1.29, 1.82) is 0 Å². The van der Waals surface area contributed by atoms with Gasteiger partial charge in [-0.3, -0.25) is 0 Å². The normalized spacial score (nSPS) is 17.4. The van der Waals surface area contributed by atoms with Gasteiger partial charge in [-0.1, -0.05) is 12.1 Å². The Labute approximate surface area is 103 Å². The summed E-state index contributed by atoms with van der Waals surface area (Å²) in [7, 11) is 2.20. The first-order valence-electron chi connectivity index (χ1n) is 6.39. The molecule has 1 unspecified atom stereocenters. The lowest BCUT2D eigenvalue weighted by Crippen LogP contribution is -2.31. The van der Waals surface area contributed by atoms with E-state index in [1.807, 2.05) is 12.1 Å². The van der Waals surface area contributed by atoms with E-state index in [2.05, 4.69) is 24.2 Å². The Bertz CT molecular complexity index is 346. The number of nitrogens with one attached hydrogen (secondary N) is 1. The van der Waals surface area contributed by atoms with E-state index in [9.17, 15) is 5.11 Å². The molecule has 1 aromatic rings. The van der Waals surface area contributed by atoms with Gasteiger partial charge in [-0.05, 0) is 44.5 Å². The first-order valence-corrected chi connectivity index (χ1v) is 6.39. The van der Waals surface area contributed by atoms with Crippen molar-refractivity contribution >= 4 is 0 Å². The molecular formula is C14H22N2O. The van der Waals surface area contributed by atoms with Crippen molar-refractivity contribution in [1.82, 2.24) is 10.2 Å². The Balaban J connectivity index is 1.72. The maximum atomic E-state index is 9.23. The summed E-state index contributed by atoms with van der Waals surface area (Å²) in [6.07, 6.45) is 2.73. The molecule has 2 rings (SSSR count).